The molecule has 0 aromatic carbocycles. The van der Waals surface area contributed by atoms with Crippen molar-refractivity contribution in [1.29, 1.82) is 0 Å². The zero-order valence-electron chi connectivity index (χ0n) is 9.34. The van der Waals surface area contributed by atoms with Crippen molar-refractivity contribution in [3.05, 3.63) is 0 Å². The van der Waals surface area contributed by atoms with Crippen molar-refractivity contribution in [3.8, 4) is 0 Å². The molecule has 0 N–H and O–H groups in total. The number of unbranched alkanes of at least 4 members (excludes halogenated alkanes) is 5. The Kier molecular flexibility index (Phi) is 11.1. The van der Waals surface area contributed by atoms with E-state index in [2.05, 4.69) is 6.92 Å². The fourth-order valence-electron chi connectivity index (χ4n) is 1.42. The molecule has 0 fully saturated rings. The highest BCUT2D eigenvalue weighted by Crippen LogP contribution is 2.09. The van der Waals surface area contributed by atoms with Gasteiger partial charge in [0, 0.05) is 0 Å². The van der Waals surface area contributed by atoms with E-state index in [9.17, 15) is 0 Å². The predicted molar refractivity (Wildman–Crippen MR) is 67.4 cm³/mol. The molecule has 0 aliphatic carbocycles. The lowest BCUT2D eigenvalue weighted by molar-refractivity contribution is 0.462. The molecule has 0 radical (unpaired) electrons. The van der Waals surface area contributed by atoms with E-state index in [1.54, 1.807) is 0 Å². The Labute approximate surface area is 90.3 Å². The maximum atomic E-state index is 5.42. The summed E-state index contributed by atoms with van der Waals surface area (Å²) in [6, 6.07) is 1.24. The van der Waals surface area contributed by atoms with Crippen molar-refractivity contribution in [2.24, 2.45) is 0 Å². The Morgan fingerprint density at radius 3 is 2.00 bits per heavy atom. The summed E-state index contributed by atoms with van der Waals surface area (Å²) in [5.74, 6) is 0. The van der Waals surface area contributed by atoms with Crippen LogP contribution in [0.1, 0.15) is 45.4 Å². The summed E-state index contributed by atoms with van der Waals surface area (Å²) in [6.07, 6.45) is 8.24. The second kappa shape index (κ2) is 10.7. The average Bonchev–Trinajstić information content (AvgIpc) is 2.17. The van der Waals surface area contributed by atoms with Crippen molar-refractivity contribution in [2.75, 3.05) is 0 Å². The van der Waals surface area contributed by atoms with Crippen LogP contribution in [-0.2, 0) is 8.23 Å². The van der Waals surface area contributed by atoms with Gasteiger partial charge in [0.25, 0.3) is 9.28 Å². The van der Waals surface area contributed by atoms with Crippen LogP contribution in [0.5, 0.6) is 0 Å². The van der Waals surface area contributed by atoms with Gasteiger partial charge in [0.15, 0.2) is 0 Å². The second-order valence-corrected chi connectivity index (χ2v) is 8.67. The van der Waals surface area contributed by atoms with Gasteiger partial charge in [-0.3, -0.25) is 0 Å². The van der Waals surface area contributed by atoms with E-state index in [1.165, 1.54) is 44.6 Å². The van der Waals surface area contributed by atoms with E-state index < -0.39 is 9.28 Å². The molecule has 0 aliphatic heterocycles. The SMILES string of the molecule is CCCCCCCC[SiH](O[SiH3])O[SiH3]. The van der Waals surface area contributed by atoms with Gasteiger partial charge >= 0.3 is 0 Å². The smallest absolute Gasteiger partial charge is 0.299 e. The molecule has 0 saturated carbocycles. The minimum absolute atomic E-state index is 0.861. The molecule has 0 aliphatic rings. The van der Waals surface area contributed by atoms with E-state index in [0.29, 0.717) is 0 Å². The zero-order chi connectivity index (χ0) is 9.94. The topological polar surface area (TPSA) is 18.5 Å². The molecule has 0 spiro atoms. The summed E-state index contributed by atoms with van der Waals surface area (Å²) >= 11 is 0. The fourth-order valence-corrected chi connectivity index (χ4v) is 6.43. The van der Waals surface area contributed by atoms with Gasteiger partial charge in [-0.25, -0.2) is 0 Å². The van der Waals surface area contributed by atoms with Crippen molar-refractivity contribution in [2.45, 2.75) is 51.5 Å². The third-order valence-corrected chi connectivity index (χ3v) is 7.41. The van der Waals surface area contributed by atoms with Crippen LogP contribution in [0.3, 0.4) is 0 Å². The molecule has 0 amide bonds. The highest BCUT2D eigenvalue weighted by molar-refractivity contribution is 6.52. The van der Waals surface area contributed by atoms with E-state index >= 15 is 0 Å². The number of rotatable bonds is 9. The van der Waals surface area contributed by atoms with Crippen molar-refractivity contribution >= 4 is 30.3 Å². The Bertz CT molecular complexity index is 99.4. The Morgan fingerprint density at radius 2 is 1.46 bits per heavy atom. The summed E-state index contributed by atoms with van der Waals surface area (Å²) < 4.78 is 10.8. The van der Waals surface area contributed by atoms with Crippen LogP contribution in [0.25, 0.3) is 0 Å². The molecule has 0 bridgehead atoms. The van der Waals surface area contributed by atoms with Crippen LogP contribution in [0.15, 0.2) is 0 Å². The largest absolute Gasteiger partial charge is 0.447 e. The fraction of sp³-hybridized carbons (Fsp3) is 1.00. The normalized spacial score (nSPS) is 13.6. The lowest BCUT2D eigenvalue weighted by atomic mass is 10.1. The molecule has 0 unspecified atom stereocenters. The van der Waals surface area contributed by atoms with E-state index in [0.717, 1.165) is 21.0 Å². The van der Waals surface area contributed by atoms with Crippen LogP contribution in [0.4, 0.5) is 0 Å². The lowest BCUT2D eigenvalue weighted by Crippen LogP contribution is -2.19. The van der Waals surface area contributed by atoms with Crippen molar-refractivity contribution in [3.63, 3.8) is 0 Å². The molecule has 5 heteroatoms. The molecule has 0 aromatic heterocycles. The predicted octanol–water partition coefficient (Wildman–Crippen LogP) is 0.161. The summed E-state index contributed by atoms with van der Waals surface area (Å²) in [5.41, 5.74) is 0. The standard InChI is InChI=1S/C8H24O2Si3/c1-2-3-4-5-6-7-8-13(9-11)10-12/h13H,2-8H2,1,11-12H3. The van der Waals surface area contributed by atoms with E-state index in [-0.39, 0.29) is 0 Å². The third kappa shape index (κ3) is 8.89. The van der Waals surface area contributed by atoms with Crippen LogP contribution in [0.2, 0.25) is 6.04 Å². The highest BCUT2D eigenvalue weighted by Gasteiger charge is 2.06. The Balaban J connectivity index is 3.05. The summed E-state index contributed by atoms with van der Waals surface area (Å²) in [6.45, 7) is 2.26. The van der Waals surface area contributed by atoms with Gasteiger partial charge in [-0.05, 0) is 6.04 Å². The summed E-state index contributed by atoms with van der Waals surface area (Å²) in [7, 11) is 0.595. The van der Waals surface area contributed by atoms with Crippen molar-refractivity contribution in [1.82, 2.24) is 0 Å². The highest BCUT2D eigenvalue weighted by atomic mass is 28.4. The molecular formula is C8H24O2Si3. The molecule has 0 atom stereocenters. The van der Waals surface area contributed by atoms with Crippen LogP contribution >= 0.6 is 0 Å². The monoisotopic (exact) mass is 236 g/mol. The Morgan fingerprint density at radius 1 is 0.923 bits per heavy atom. The molecule has 0 heterocycles. The maximum absolute atomic E-state index is 5.42. The quantitative estimate of drug-likeness (QED) is 0.419. The molecule has 0 rings (SSSR count). The maximum Gasteiger partial charge on any atom is 0.299 e. The zero-order valence-corrected chi connectivity index (χ0v) is 14.5. The van der Waals surface area contributed by atoms with Crippen molar-refractivity contribution < 1.29 is 8.23 Å². The molecule has 0 aromatic rings. The number of hydrogen-bond donors (Lipinski definition) is 0. The van der Waals surface area contributed by atoms with Crippen LogP contribution < -0.4 is 0 Å². The molecule has 13 heavy (non-hydrogen) atoms. The lowest BCUT2D eigenvalue weighted by Gasteiger charge is -2.11. The van der Waals surface area contributed by atoms with Gasteiger partial charge in [-0.1, -0.05) is 45.4 Å². The molecule has 80 valence electrons. The van der Waals surface area contributed by atoms with Gasteiger partial charge in [0.1, 0.15) is 21.0 Å². The Hall–Kier alpha value is 0.571. The van der Waals surface area contributed by atoms with Gasteiger partial charge in [-0.2, -0.15) is 0 Å². The average molecular weight is 237 g/mol. The van der Waals surface area contributed by atoms with Crippen LogP contribution in [0, 0.1) is 0 Å². The van der Waals surface area contributed by atoms with Gasteiger partial charge < -0.3 is 8.23 Å². The number of hydrogen-bond acceptors (Lipinski definition) is 2. The first-order valence-electron chi connectivity index (χ1n) is 5.40. The van der Waals surface area contributed by atoms with Gasteiger partial charge in [0.2, 0.25) is 0 Å². The third-order valence-electron chi connectivity index (χ3n) is 2.32. The molecule has 2 nitrogen and oxygen atoms in total. The first-order chi connectivity index (χ1) is 6.35. The van der Waals surface area contributed by atoms with Crippen LogP contribution in [-0.4, -0.2) is 30.3 Å². The molecule has 0 saturated heterocycles. The second-order valence-electron chi connectivity index (χ2n) is 3.46. The van der Waals surface area contributed by atoms with Gasteiger partial charge in [0.05, 0.1) is 0 Å². The van der Waals surface area contributed by atoms with E-state index in [1.807, 2.05) is 0 Å². The first kappa shape index (κ1) is 13.6. The first-order valence-corrected chi connectivity index (χ1v) is 8.80. The summed E-state index contributed by atoms with van der Waals surface area (Å²) in [4.78, 5) is 0. The molecular weight excluding hydrogens is 212 g/mol. The minimum atomic E-state index is -1.13. The summed E-state index contributed by atoms with van der Waals surface area (Å²) in [5, 5.41) is 0. The van der Waals surface area contributed by atoms with Gasteiger partial charge in [-0.15, -0.1) is 0 Å². The van der Waals surface area contributed by atoms with E-state index in [4.69, 9.17) is 8.23 Å². The minimum Gasteiger partial charge on any atom is -0.447 e.